The van der Waals surface area contributed by atoms with Gasteiger partial charge in [-0.2, -0.15) is 0 Å². The molecule has 2 rings (SSSR count). The van der Waals surface area contributed by atoms with Crippen LogP contribution in [0.5, 0.6) is 0 Å². The molecule has 0 aliphatic heterocycles. The molecule has 0 saturated heterocycles. The fourth-order valence-electron chi connectivity index (χ4n) is 4.49. The fraction of sp³-hybridized carbons (Fsp3) is 0.655. The van der Waals surface area contributed by atoms with Crippen LogP contribution in [-0.4, -0.2) is 28.0 Å². The third kappa shape index (κ3) is 11.2. The maximum absolute atomic E-state index is 12.9. The Morgan fingerprint density at radius 2 is 1.67 bits per heavy atom. The van der Waals surface area contributed by atoms with E-state index in [1.165, 1.54) is 69.9 Å². The molecule has 1 heterocycles. The van der Waals surface area contributed by atoms with E-state index in [9.17, 15) is 4.79 Å². The SMILES string of the molecule is CCCCCCCCCCCCn1cncc1CCN[C@H](C(=O)NCc1cccc(Cl)c1Cl)C(C)C. The first-order chi connectivity index (χ1) is 17.4. The summed E-state index contributed by atoms with van der Waals surface area (Å²) in [6.07, 6.45) is 18.1. The Bertz CT molecular complexity index is 884. The standard InChI is InChI=1S/C29H46Cl2N4O/c1-4-5-6-7-8-9-10-11-12-13-19-35-22-32-21-25(35)17-18-33-28(23(2)3)29(36)34-20-24-15-14-16-26(30)27(24)31/h14-16,21-23,28,33H,4-13,17-20H2,1-3H3,(H,34,36)/t28-/m0/s1. The molecule has 1 atom stereocenters. The highest BCUT2D eigenvalue weighted by atomic mass is 35.5. The Kier molecular flexibility index (Phi) is 15.2. The van der Waals surface area contributed by atoms with Gasteiger partial charge in [-0.05, 0) is 24.0 Å². The second kappa shape index (κ2) is 17.8. The zero-order valence-corrected chi connectivity index (χ0v) is 24.0. The van der Waals surface area contributed by atoms with E-state index >= 15 is 0 Å². The van der Waals surface area contributed by atoms with Crippen LogP contribution < -0.4 is 10.6 Å². The summed E-state index contributed by atoms with van der Waals surface area (Å²) in [5.74, 6) is 0.135. The predicted octanol–water partition coefficient (Wildman–Crippen LogP) is 7.58. The molecule has 7 heteroatoms. The number of aromatic nitrogens is 2. The van der Waals surface area contributed by atoms with Crippen molar-refractivity contribution < 1.29 is 4.79 Å². The summed E-state index contributed by atoms with van der Waals surface area (Å²) >= 11 is 12.3. The number of imidazole rings is 1. The van der Waals surface area contributed by atoms with Gasteiger partial charge in [-0.3, -0.25) is 4.79 Å². The fourth-order valence-corrected chi connectivity index (χ4v) is 4.88. The zero-order valence-electron chi connectivity index (χ0n) is 22.5. The zero-order chi connectivity index (χ0) is 26.2. The topological polar surface area (TPSA) is 59.0 Å². The summed E-state index contributed by atoms with van der Waals surface area (Å²) in [5, 5.41) is 7.43. The summed E-state index contributed by atoms with van der Waals surface area (Å²) in [5.41, 5.74) is 2.03. The number of benzene rings is 1. The average molecular weight is 538 g/mol. The number of nitrogens with one attached hydrogen (secondary N) is 2. The van der Waals surface area contributed by atoms with E-state index in [1.54, 1.807) is 6.07 Å². The molecule has 0 bridgehead atoms. The van der Waals surface area contributed by atoms with Gasteiger partial charge in [-0.25, -0.2) is 4.98 Å². The van der Waals surface area contributed by atoms with Gasteiger partial charge >= 0.3 is 0 Å². The molecule has 0 aliphatic rings. The number of amides is 1. The minimum absolute atomic E-state index is 0.0279. The van der Waals surface area contributed by atoms with Crippen molar-refractivity contribution in [2.24, 2.45) is 5.92 Å². The Hall–Kier alpha value is -1.56. The van der Waals surface area contributed by atoms with Crippen LogP contribution >= 0.6 is 23.2 Å². The van der Waals surface area contributed by atoms with Crippen LogP contribution in [0.15, 0.2) is 30.7 Å². The molecule has 1 amide bonds. The van der Waals surface area contributed by atoms with Gasteiger partial charge in [0.15, 0.2) is 0 Å². The number of carbonyl (C=O) groups is 1. The number of hydrogen-bond acceptors (Lipinski definition) is 3. The molecule has 5 nitrogen and oxygen atoms in total. The molecule has 2 N–H and O–H groups in total. The van der Waals surface area contributed by atoms with Crippen LogP contribution in [0.4, 0.5) is 0 Å². The van der Waals surface area contributed by atoms with Crippen LogP contribution in [0.2, 0.25) is 10.0 Å². The molecule has 36 heavy (non-hydrogen) atoms. The predicted molar refractivity (Wildman–Crippen MR) is 153 cm³/mol. The van der Waals surface area contributed by atoms with E-state index in [2.05, 4.69) is 41.0 Å². The summed E-state index contributed by atoms with van der Waals surface area (Å²) in [4.78, 5) is 17.2. The summed E-state index contributed by atoms with van der Waals surface area (Å²) in [7, 11) is 0. The average Bonchev–Trinajstić information content (AvgIpc) is 3.30. The van der Waals surface area contributed by atoms with E-state index in [-0.39, 0.29) is 17.9 Å². The Labute approximate surface area is 228 Å². The summed E-state index contributed by atoms with van der Waals surface area (Å²) in [6, 6.07) is 5.19. The first kappa shape index (κ1) is 30.7. The lowest BCUT2D eigenvalue weighted by Gasteiger charge is -2.22. The molecule has 0 radical (unpaired) electrons. The van der Waals surface area contributed by atoms with Gasteiger partial charge in [0.05, 0.1) is 22.4 Å². The lowest BCUT2D eigenvalue weighted by atomic mass is 10.0. The highest BCUT2D eigenvalue weighted by Gasteiger charge is 2.21. The monoisotopic (exact) mass is 536 g/mol. The van der Waals surface area contributed by atoms with Crippen LogP contribution in [0.1, 0.15) is 96.2 Å². The lowest BCUT2D eigenvalue weighted by Crippen LogP contribution is -2.47. The molecule has 1 aromatic carbocycles. The molecule has 0 unspecified atom stereocenters. The van der Waals surface area contributed by atoms with Crippen molar-refractivity contribution in [1.82, 2.24) is 20.2 Å². The van der Waals surface area contributed by atoms with Crippen molar-refractivity contribution in [3.63, 3.8) is 0 Å². The second-order valence-electron chi connectivity index (χ2n) is 10.1. The van der Waals surface area contributed by atoms with E-state index < -0.39 is 0 Å². The molecular formula is C29H46Cl2N4O. The van der Waals surface area contributed by atoms with Crippen molar-refractivity contribution in [2.45, 2.75) is 111 Å². The van der Waals surface area contributed by atoms with Crippen molar-refractivity contribution in [1.29, 1.82) is 0 Å². The molecular weight excluding hydrogens is 491 g/mol. The van der Waals surface area contributed by atoms with E-state index in [0.717, 1.165) is 25.1 Å². The number of unbranched alkanes of at least 4 members (excludes halogenated alkanes) is 9. The highest BCUT2D eigenvalue weighted by Crippen LogP contribution is 2.25. The molecule has 0 saturated carbocycles. The van der Waals surface area contributed by atoms with Crippen LogP contribution in [0.3, 0.4) is 0 Å². The number of nitrogens with zero attached hydrogens (tertiary/aromatic N) is 2. The number of halogens is 2. The molecule has 0 aliphatic carbocycles. The maximum Gasteiger partial charge on any atom is 0.237 e. The van der Waals surface area contributed by atoms with Gasteiger partial charge in [0.25, 0.3) is 0 Å². The second-order valence-corrected chi connectivity index (χ2v) is 10.9. The number of rotatable bonds is 19. The van der Waals surface area contributed by atoms with Gasteiger partial charge in [0.1, 0.15) is 0 Å². The Balaban J connectivity index is 1.68. The quantitative estimate of drug-likeness (QED) is 0.182. The number of hydrogen-bond donors (Lipinski definition) is 2. The van der Waals surface area contributed by atoms with Crippen molar-refractivity contribution in [3.05, 3.63) is 52.0 Å². The molecule has 0 spiro atoms. The highest BCUT2D eigenvalue weighted by molar-refractivity contribution is 6.42. The van der Waals surface area contributed by atoms with Gasteiger partial charge in [-0.1, -0.05) is 114 Å². The van der Waals surface area contributed by atoms with Crippen molar-refractivity contribution in [2.75, 3.05) is 6.54 Å². The van der Waals surface area contributed by atoms with Gasteiger partial charge in [0.2, 0.25) is 5.91 Å². The minimum Gasteiger partial charge on any atom is -0.351 e. The van der Waals surface area contributed by atoms with E-state index in [0.29, 0.717) is 16.6 Å². The minimum atomic E-state index is -0.277. The molecule has 202 valence electrons. The maximum atomic E-state index is 12.9. The first-order valence-electron chi connectivity index (χ1n) is 13.9. The van der Waals surface area contributed by atoms with Crippen molar-refractivity contribution >= 4 is 29.1 Å². The molecule has 1 aromatic heterocycles. The summed E-state index contributed by atoms with van der Waals surface area (Å²) in [6.45, 7) is 8.47. The van der Waals surface area contributed by atoms with Crippen LogP contribution in [0.25, 0.3) is 0 Å². The Morgan fingerprint density at radius 1 is 1.00 bits per heavy atom. The summed E-state index contributed by atoms with van der Waals surface area (Å²) < 4.78 is 2.26. The first-order valence-corrected chi connectivity index (χ1v) is 14.6. The van der Waals surface area contributed by atoms with E-state index in [4.69, 9.17) is 23.2 Å². The molecule has 0 fully saturated rings. The normalized spacial score (nSPS) is 12.3. The lowest BCUT2D eigenvalue weighted by molar-refractivity contribution is -0.124. The van der Waals surface area contributed by atoms with Gasteiger partial charge < -0.3 is 15.2 Å². The Morgan fingerprint density at radius 3 is 2.33 bits per heavy atom. The largest absolute Gasteiger partial charge is 0.351 e. The smallest absolute Gasteiger partial charge is 0.237 e. The van der Waals surface area contributed by atoms with Gasteiger partial charge in [0, 0.05) is 37.9 Å². The number of carbonyl (C=O) groups excluding carboxylic acids is 1. The van der Waals surface area contributed by atoms with E-state index in [1.807, 2.05) is 24.7 Å². The number of aryl methyl sites for hydroxylation is 1. The van der Waals surface area contributed by atoms with Crippen LogP contribution in [0, 0.1) is 5.92 Å². The third-order valence-electron chi connectivity index (χ3n) is 6.73. The third-order valence-corrected chi connectivity index (χ3v) is 7.59. The van der Waals surface area contributed by atoms with Gasteiger partial charge in [-0.15, -0.1) is 0 Å². The van der Waals surface area contributed by atoms with Crippen molar-refractivity contribution in [3.8, 4) is 0 Å². The van der Waals surface area contributed by atoms with Crippen LogP contribution in [-0.2, 0) is 24.3 Å². The molecule has 2 aromatic rings.